The molecule has 0 aliphatic heterocycles. The highest BCUT2D eigenvalue weighted by atomic mass is 16.1. The highest BCUT2D eigenvalue weighted by Crippen LogP contribution is 1.68. The molecule has 0 unspecified atom stereocenters. The zero-order valence-electron chi connectivity index (χ0n) is 3.96. The highest BCUT2D eigenvalue weighted by molar-refractivity contribution is 4.86. The largest absolute Gasteiger partial charge is 0.338 e. The Kier molecular flexibility index (Phi) is 0.897. The first-order valence-electron chi connectivity index (χ1n) is 2.01. The van der Waals surface area contributed by atoms with Gasteiger partial charge in [-0.1, -0.05) is 0 Å². The van der Waals surface area contributed by atoms with Gasteiger partial charge in [-0.25, -0.2) is 9.36 Å². The van der Waals surface area contributed by atoms with Crippen molar-refractivity contribution in [3.8, 4) is 6.19 Å². The van der Waals surface area contributed by atoms with Crippen LogP contribution in [0.1, 0.15) is 0 Å². The summed E-state index contributed by atoms with van der Waals surface area (Å²) in [5, 5.41) is 8.10. The van der Waals surface area contributed by atoms with Crippen LogP contribution in [0.3, 0.4) is 0 Å². The third kappa shape index (κ3) is 0.500. The van der Waals surface area contributed by atoms with E-state index >= 15 is 0 Å². The Hall–Kier alpha value is -1.50. The SMILES string of the molecule is N#Cn1cc[nH]c1=O. The lowest BCUT2D eigenvalue weighted by atomic mass is 10.9. The van der Waals surface area contributed by atoms with Crippen molar-refractivity contribution >= 4 is 0 Å². The normalized spacial score (nSPS) is 8.38. The number of rotatable bonds is 0. The topological polar surface area (TPSA) is 61.6 Å². The zero-order valence-corrected chi connectivity index (χ0v) is 3.96. The maximum absolute atomic E-state index is 10.3. The summed E-state index contributed by atoms with van der Waals surface area (Å²) in [6, 6.07) is 0. The highest BCUT2D eigenvalue weighted by Gasteiger charge is 1.87. The van der Waals surface area contributed by atoms with Gasteiger partial charge in [-0.05, 0) is 0 Å². The Bertz CT molecular complexity index is 263. The Morgan fingerprint density at radius 1 is 1.88 bits per heavy atom. The number of nitrogens with zero attached hydrogens (tertiary/aromatic N) is 2. The monoisotopic (exact) mass is 109 g/mol. The van der Waals surface area contributed by atoms with Crippen molar-refractivity contribution < 1.29 is 0 Å². The molecular weight excluding hydrogens is 106 g/mol. The van der Waals surface area contributed by atoms with E-state index in [4.69, 9.17) is 5.26 Å². The molecule has 0 bridgehead atoms. The number of aromatic amines is 1. The Morgan fingerprint density at radius 3 is 2.88 bits per heavy atom. The summed E-state index contributed by atoms with van der Waals surface area (Å²) in [6.07, 6.45) is 4.42. The lowest BCUT2D eigenvalue weighted by Crippen LogP contribution is -2.11. The molecule has 0 saturated carbocycles. The van der Waals surface area contributed by atoms with E-state index in [0.29, 0.717) is 0 Å². The molecular formula is C4H3N3O. The minimum atomic E-state index is -0.396. The molecule has 0 spiro atoms. The minimum Gasteiger partial charge on any atom is -0.312 e. The van der Waals surface area contributed by atoms with Crippen molar-refractivity contribution in [2.24, 2.45) is 0 Å². The molecule has 1 N–H and O–H groups in total. The average molecular weight is 109 g/mol. The Labute approximate surface area is 45.0 Å². The molecule has 4 heteroatoms. The van der Waals surface area contributed by atoms with Crippen molar-refractivity contribution in [1.82, 2.24) is 9.55 Å². The van der Waals surface area contributed by atoms with E-state index in [-0.39, 0.29) is 0 Å². The molecule has 0 saturated heterocycles. The summed E-state index contributed by atoms with van der Waals surface area (Å²) in [5.41, 5.74) is -0.396. The van der Waals surface area contributed by atoms with Crippen molar-refractivity contribution in [3.05, 3.63) is 22.9 Å². The van der Waals surface area contributed by atoms with Crippen LogP contribution in [-0.2, 0) is 0 Å². The van der Waals surface area contributed by atoms with E-state index in [9.17, 15) is 4.79 Å². The third-order valence-corrected chi connectivity index (χ3v) is 0.757. The summed E-state index contributed by atoms with van der Waals surface area (Å²) in [5.74, 6) is 0. The summed E-state index contributed by atoms with van der Waals surface area (Å²) >= 11 is 0. The van der Waals surface area contributed by atoms with Crippen LogP contribution in [0.25, 0.3) is 0 Å². The van der Waals surface area contributed by atoms with Gasteiger partial charge in [0.1, 0.15) is 0 Å². The molecule has 0 radical (unpaired) electrons. The number of aromatic nitrogens is 2. The summed E-state index contributed by atoms with van der Waals surface area (Å²) in [7, 11) is 0. The first-order chi connectivity index (χ1) is 3.84. The molecule has 8 heavy (non-hydrogen) atoms. The second kappa shape index (κ2) is 1.54. The fourth-order valence-corrected chi connectivity index (χ4v) is 0.399. The molecule has 1 rings (SSSR count). The van der Waals surface area contributed by atoms with Gasteiger partial charge in [-0.15, -0.1) is 0 Å². The van der Waals surface area contributed by atoms with Gasteiger partial charge in [0.2, 0.25) is 0 Å². The Morgan fingerprint density at radius 2 is 2.62 bits per heavy atom. The maximum atomic E-state index is 10.3. The minimum absolute atomic E-state index is 0.396. The predicted molar refractivity (Wildman–Crippen MR) is 26.1 cm³/mol. The fourth-order valence-electron chi connectivity index (χ4n) is 0.399. The summed E-state index contributed by atoms with van der Waals surface area (Å²) in [4.78, 5) is 12.6. The number of hydrogen-bond donors (Lipinski definition) is 1. The van der Waals surface area contributed by atoms with Gasteiger partial charge in [-0.2, -0.15) is 5.26 Å². The number of nitrogens with one attached hydrogen (secondary N) is 1. The van der Waals surface area contributed by atoms with Gasteiger partial charge < -0.3 is 4.98 Å². The third-order valence-electron chi connectivity index (χ3n) is 0.757. The summed E-state index contributed by atoms with van der Waals surface area (Å²) in [6.45, 7) is 0. The smallest absolute Gasteiger partial charge is 0.312 e. The lowest BCUT2D eigenvalue weighted by molar-refractivity contribution is 1.01. The number of imidazole rings is 1. The van der Waals surface area contributed by atoms with E-state index in [1.54, 1.807) is 6.19 Å². The van der Waals surface area contributed by atoms with Crippen LogP contribution in [0, 0.1) is 11.5 Å². The van der Waals surface area contributed by atoms with Crippen LogP contribution in [-0.4, -0.2) is 9.55 Å². The van der Waals surface area contributed by atoms with E-state index in [1.165, 1.54) is 12.4 Å². The molecule has 0 atom stereocenters. The van der Waals surface area contributed by atoms with Crippen molar-refractivity contribution in [3.63, 3.8) is 0 Å². The first-order valence-corrected chi connectivity index (χ1v) is 2.01. The first kappa shape index (κ1) is 4.65. The molecule has 0 aliphatic rings. The second-order valence-electron chi connectivity index (χ2n) is 1.24. The molecule has 4 nitrogen and oxygen atoms in total. The average Bonchev–Trinajstić information content (AvgIpc) is 2.14. The second-order valence-corrected chi connectivity index (χ2v) is 1.24. The van der Waals surface area contributed by atoms with Crippen LogP contribution in [0.5, 0.6) is 0 Å². The van der Waals surface area contributed by atoms with Crippen LogP contribution in [0.2, 0.25) is 0 Å². The molecule has 0 amide bonds. The van der Waals surface area contributed by atoms with Gasteiger partial charge in [0.05, 0.1) is 0 Å². The van der Waals surface area contributed by atoms with Crippen LogP contribution < -0.4 is 5.69 Å². The van der Waals surface area contributed by atoms with Crippen molar-refractivity contribution in [2.45, 2.75) is 0 Å². The molecule has 0 aliphatic carbocycles. The molecule has 1 aromatic rings. The zero-order chi connectivity index (χ0) is 5.98. The molecule has 1 heterocycles. The maximum Gasteiger partial charge on any atom is 0.338 e. The van der Waals surface area contributed by atoms with E-state index in [2.05, 4.69) is 4.98 Å². The van der Waals surface area contributed by atoms with Crippen molar-refractivity contribution in [1.29, 1.82) is 5.26 Å². The number of nitriles is 1. The van der Waals surface area contributed by atoms with E-state index < -0.39 is 5.69 Å². The van der Waals surface area contributed by atoms with Crippen molar-refractivity contribution in [2.75, 3.05) is 0 Å². The lowest BCUT2D eigenvalue weighted by Gasteiger charge is -1.72. The van der Waals surface area contributed by atoms with Gasteiger partial charge in [0.15, 0.2) is 6.19 Å². The standard InChI is InChI=1S/C4H3N3O/c5-3-7-2-1-6-4(7)8/h1-2H,(H,6,8). The fraction of sp³-hybridized carbons (Fsp3) is 0. The van der Waals surface area contributed by atoms with Gasteiger partial charge in [0.25, 0.3) is 0 Å². The number of hydrogen-bond acceptors (Lipinski definition) is 2. The van der Waals surface area contributed by atoms with Gasteiger partial charge in [-0.3, -0.25) is 0 Å². The molecule has 1 aromatic heterocycles. The molecule has 0 aromatic carbocycles. The van der Waals surface area contributed by atoms with E-state index in [1.807, 2.05) is 0 Å². The molecule has 0 fully saturated rings. The Balaban J connectivity index is 3.37. The quantitative estimate of drug-likeness (QED) is 0.488. The number of H-pyrrole nitrogens is 1. The predicted octanol–water partition coefficient (Wildman–Crippen LogP) is -0.494. The summed E-state index contributed by atoms with van der Waals surface area (Å²) < 4.78 is 0.903. The van der Waals surface area contributed by atoms with Crippen LogP contribution in [0.4, 0.5) is 0 Å². The molecule has 40 valence electrons. The van der Waals surface area contributed by atoms with E-state index in [0.717, 1.165) is 4.57 Å². The van der Waals surface area contributed by atoms with Gasteiger partial charge in [0, 0.05) is 12.4 Å². The van der Waals surface area contributed by atoms with Crippen LogP contribution >= 0.6 is 0 Å². The van der Waals surface area contributed by atoms with Crippen LogP contribution in [0.15, 0.2) is 17.2 Å². The van der Waals surface area contributed by atoms with Gasteiger partial charge >= 0.3 is 5.69 Å².